The lowest BCUT2D eigenvalue weighted by molar-refractivity contribution is -0.0937. The van der Waals surface area contributed by atoms with Crippen LogP contribution >= 0.6 is 0 Å². The number of rotatable bonds is 3. The Bertz CT molecular complexity index is 187. The lowest BCUT2D eigenvalue weighted by Gasteiger charge is -2.42. The van der Waals surface area contributed by atoms with Crippen molar-refractivity contribution in [3.05, 3.63) is 0 Å². The highest BCUT2D eigenvalue weighted by Crippen LogP contribution is 2.38. The standard InChI is InChI=1S/C12H23NO/c1-12(8-10-4-3-5-10)9-11(13-2)6-7-14-12/h10-11,13H,3-9H2,1-2H3. The fourth-order valence-corrected chi connectivity index (χ4v) is 2.83. The molecule has 2 heteroatoms. The first kappa shape index (κ1) is 10.4. The average molecular weight is 197 g/mol. The third-order valence-corrected chi connectivity index (χ3v) is 3.95. The van der Waals surface area contributed by atoms with E-state index in [9.17, 15) is 0 Å². The number of nitrogens with one attached hydrogen (secondary N) is 1. The monoisotopic (exact) mass is 197 g/mol. The van der Waals surface area contributed by atoms with Crippen LogP contribution in [-0.2, 0) is 4.74 Å². The summed E-state index contributed by atoms with van der Waals surface area (Å²) in [5, 5.41) is 3.39. The summed E-state index contributed by atoms with van der Waals surface area (Å²) in [5.74, 6) is 0.954. The molecule has 2 nitrogen and oxygen atoms in total. The van der Waals surface area contributed by atoms with Gasteiger partial charge in [0.1, 0.15) is 0 Å². The summed E-state index contributed by atoms with van der Waals surface area (Å²) in [7, 11) is 2.07. The molecule has 0 radical (unpaired) electrons. The molecule has 2 unspecified atom stereocenters. The van der Waals surface area contributed by atoms with E-state index in [4.69, 9.17) is 4.74 Å². The smallest absolute Gasteiger partial charge is 0.0672 e. The van der Waals surface area contributed by atoms with E-state index in [0.717, 1.165) is 12.5 Å². The molecule has 1 N–H and O–H groups in total. The minimum absolute atomic E-state index is 0.164. The zero-order chi connectivity index (χ0) is 10.0. The summed E-state index contributed by atoms with van der Waals surface area (Å²) >= 11 is 0. The van der Waals surface area contributed by atoms with Crippen LogP contribution in [0.5, 0.6) is 0 Å². The minimum Gasteiger partial charge on any atom is -0.375 e. The summed E-state index contributed by atoms with van der Waals surface area (Å²) in [5.41, 5.74) is 0.164. The second-order valence-electron chi connectivity index (χ2n) is 5.28. The van der Waals surface area contributed by atoms with Crippen molar-refractivity contribution in [3.8, 4) is 0 Å². The van der Waals surface area contributed by atoms with Crippen LogP contribution in [0.2, 0.25) is 0 Å². The van der Waals surface area contributed by atoms with Gasteiger partial charge in [0.05, 0.1) is 5.60 Å². The summed E-state index contributed by atoms with van der Waals surface area (Å²) < 4.78 is 5.96. The first-order valence-electron chi connectivity index (χ1n) is 6.03. The highest BCUT2D eigenvalue weighted by atomic mass is 16.5. The topological polar surface area (TPSA) is 21.3 Å². The maximum atomic E-state index is 5.96. The number of hydrogen-bond acceptors (Lipinski definition) is 2. The molecule has 0 bridgehead atoms. The lowest BCUT2D eigenvalue weighted by atomic mass is 9.75. The van der Waals surface area contributed by atoms with Crippen LogP contribution in [0.4, 0.5) is 0 Å². The quantitative estimate of drug-likeness (QED) is 0.750. The highest BCUT2D eigenvalue weighted by molar-refractivity contribution is 4.89. The molecule has 0 spiro atoms. The third kappa shape index (κ3) is 2.29. The van der Waals surface area contributed by atoms with Crippen LogP contribution in [-0.4, -0.2) is 25.3 Å². The van der Waals surface area contributed by atoms with Gasteiger partial charge in [-0.25, -0.2) is 0 Å². The van der Waals surface area contributed by atoms with Gasteiger partial charge in [-0.15, -0.1) is 0 Å². The van der Waals surface area contributed by atoms with Crippen LogP contribution in [0.15, 0.2) is 0 Å². The van der Waals surface area contributed by atoms with Crippen LogP contribution in [0.1, 0.15) is 45.4 Å². The number of ether oxygens (including phenoxy) is 1. The SMILES string of the molecule is CNC1CCOC(C)(CC2CCC2)C1. The van der Waals surface area contributed by atoms with Gasteiger partial charge in [-0.05, 0) is 39.2 Å². The van der Waals surface area contributed by atoms with Gasteiger partial charge in [-0.2, -0.15) is 0 Å². The van der Waals surface area contributed by atoms with Crippen molar-refractivity contribution in [3.63, 3.8) is 0 Å². The fourth-order valence-electron chi connectivity index (χ4n) is 2.83. The van der Waals surface area contributed by atoms with Gasteiger partial charge in [0, 0.05) is 12.6 Å². The van der Waals surface area contributed by atoms with E-state index < -0.39 is 0 Å². The van der Waals surface area contributed by atoms with Gasteiger partial charge in [-0.3, -0.25) is 0 Å². The highest BCUT2D eigenvalue weighted by Gasteiger charge is 2.36. The Labute approximate surface area is 87.4 Å². The molecule has 14 heavy (non-hydrogen) atoms. The Kier molecular flexibility index (Phi) is 3.13. The van der Waals surface area contributed by atoms with Gasteiger partial charge in [0.2, 0.25) is 0 Å². The van der Waals surface area contributed by atoms with Crippen molar-refractivity contribution in [1.29, 1.82) is 0 Å². The number of hydrogen-bond donors (Lipinski definition) is 1. The van der Waals surface area contributed by atoms with Gasteiger partial charge in [-0.1, -0.05) is 19.3 Å². The molecular weight excluding hydrogens is 174 g/mol. The predicted octanol–water partition coefficient (Wildman–Crippen LogP) is 2.33. The molecule has 1 aliphatic heterocycles. The molecule has 2 aliphatic rings. The molecule has 1 saturated heterocycles. The molecule has 2 rings (SSSR count). The van der Waals surface area contributed by atoms with E-state index in [-0.39, 0.29) is 5.60 Å². The van der Waals surface area contributed by atoms with Crippen molar-refractivity contribution >= 4 is 0 Å². The molecule has 2 fully saturated rings. The van der Waals surface area contributed by atoms with Crippen molar-refractivity contribution < 1.29 is 4.74 Å². The van der Waals surface area contributed by atoms with Crippen LogP contribution in [0, 0.1) is 5.92 Å². The van der Waals surface area contributed by atoms with Crippen molar-refractivity contribution in [1.82, 2.24) is 5.32 Å². The van der Waals surface area contributed by atoms with Crippen molar-refractivity contribution in [2.24, 2.45) is 5.92 Å². The summed E-state index contributed by atoms with van der Waals surface area (Å²) in [6.07, 6.45) is 7.96. The van der Waals surface area contributed by atoms with Crippen LogP contribution in [0.3, 0.4) is 0 Å². The van der Waals surface area contributed by atoms with E-state index in [1.807, 2.05) is 0 Å². The van der Waals surface area contributed by atoms with Gasteiger partial charge in [0.25, 0.3) is 0 Å². The molecule has 1 saturated carbocycles. The fraction of sp³-hybridized carbons (Fsp3) is 1.00. The molecule has 0 aromatic heterocycles. The second kappa shape index (κ2) is 4.19. The molecule has 0 amide bonds. The molecule has 0 aromatic carbocycles. The normalized spacial score (nSPS) is 39.4. The first-order chi connectivity index (χ1) is 6.72. The maximum Gasteiger partial charge on any atom is 0.0672 e. The Balaban J connectivity index is 1.85. The molecule has 1 heterocycles. The van der Waals surface area contributed by atoms with Crippen molar-refractivity contribution in [2.75, 3.05) is 13.7 Å². The molecule has 2 atom stereocenters. The summed E-state index contributed by atoms with van der Waals surface area (Å²) in [4.78, 5) is 0. The second-order valence-corrected chi connectivity index (χ2v) is 5.28. The Hall–Kier alpha value is -0.0800. The summed E-state index contributed by atoms with van der Waals surface area (Å²) in [6.45, 7) is 3.24. The molecular formula is C12H23NO. The molecule has 82 valence electrons. The maximum absolute atomic E-state index is 5.96. The van der Waals surface area contributed by atoms with E-state index in [2.05, 4.69) is 19.3 Å². The average Bonchev–Trinajstić information content (AvgIpc) is 2.12. The van der Waals surface area contributed by atoms with Gasteiger partial charge >= 0.3 is 0 Å². The minimum atomic E-state index is 0.164. The van der Waals surface area contributed by atoms with Gasteiger partial charge in [0.15, 0.2) is 0 Å². The van der Waals surface area contributed by atoms with Crippen LogP contribution in [0.25, 0.3) is 0 Å². The zero-order valence-electron chi connectivity index (χ0n) is 9.51. The van der Waals surface area contributed by atoms with Gasteiger partial charge < -0.3 is 10.1 Å². The predicted molar refractivity (Wildman–Crippen MR) is 58.4 cm³/mol. The zero-order valence-corrected chi connectivity index (χ0v) is 9.51. The first-order valence-corrected chi connectivity index (χ1v) is 6.03. The van der Waals surface area contributed by atoms with E-state index in [1.54, 1.807) is 0 Å². The van der Waals surface area contributed by atoms with E-state index in [0.29, 0.717) is 6.04 Å². The lowest BCUT2D eigenvalue weighted by Crippen LogP contribution is -2.45. The largest absolute Gasteiger partial charge is 0.375 e. The Morgan fingerprint density at radius 1 is 1.36 bits per heavy atom. The molecule has 0 aromatic rings. The Morgan fingerprint density at radius 3 is 2.71 bits per heavy atom. The Morgan fingerprint density at radius 2 is 2.14 bits per heavy atom. The molecule has 1 aliphatic carbocycles. The third-order valence-electron chi connectivity index (χ3n) is 3.95. The van der Waals surface area contributed by atoms with Crippen LogP contribution < -0.4 is 5.32 Å². The van der Waals surface area contributed by atoms with E-state index in [1.165, 1.54) is 38.5 Å². The van der Waals surface area contributed by atoms with E-state index >= 15 is 0 Å². The summed E-state index contributed by atoms with van der Waals surface area (Å²) in [6, 6.07) is 0.675. The van der Waals surface area contributed by atoms with Crippen molar-refractivity contribution in [2.45, 2.75) is 57.1 Å².